The number of nitrogen functional groups attached to an aromatic ring is 1. The second kappa shape index (κ2) is 6.69. The van der Waals surface area contributed by atoms with E-state index in [0.717, 1.165) is 36.2 Å². The summed E-state index contributed by atoms with van der Waals surface area (Å²) in [6.45, 7) is 0.404. The van der Waals surface area contributed by atoms with Gasteiger partial charge in [0.25, 0.3) is 0 Å². The van der Waals surface area contributed by atoms with Gasteiger partial charge in [-0.3, -0.25) is 10.1 Å². The molecule has 0 saturated heterocycles. The molecule has 21 heavy (non-hydrogen) atoms. The highest BCUT2D eigenvalue weighted by Gasteiger charge is 2.14. The molecule has 0 aliphatic heterocycles. The van der Waals surface area contributed by atoms with Crippen molar-refractivity contribution in [2.75, 3.05) is 12.3 Å². The molecule has 6 heteroatoms. The molecule has 0 bridgehead atoms. The van der Waals surface area contributed by atoms with Gasteiger partial charge in [0.15, 0.2) is 0 Å². The van der Waals surface area contributed by atoms with E-state index in [0.29, 0.717) is 6.61 Å². The highest BCUT2D eigenvalue weighted by molar-refractivity contribution is 5.39. The van der Waals surface area contributed by atoms with E-state index in [1.54, 1.807) is 0 Å². The Hall–Kier alpha value is -2.63. The van der Waals surface area contributed by atoms with Crippen LogP contribution in [0.4, 0.5) is 15.8 Å². The summed E-state index contributed by atoms with van der Waals surface area (Å²) < 4.78 is 18.8. The Bertz CT molecular complexity index is 629. The second-order valence-electron chi connectivity index (χ2n) is 4.56. The molecule has 0 amide bonds. The molecular weight excluding hydrogens is 275 g/mol. The van der Waals surface area contributed by atoms with Crippen LogP contribution < -0.4 is 10.5 Å². The molecule has 0 heterocycles. The maximum atomic E-state index is 13.4. The monoisotopic (exact) mass is 290 g/mol. The van der Waals surface area contributed by atoms with Gasteiger partial charge in [0, 0.05) is 17.8 Å². The van der Waals surface area contributed by atoms with Gasteiger partial charge in [0.2, 0.25) is 5.82 Å². The molecule has 0 aliphatic rings. The molecule has 0 atom stereocenters. The lowest BCUT2D eigenvalue weighted by Crippen LogP contribution is -2.00. The molecule has 0 unspecified atom stereocenters. The molecule has 2 rings (SSSR count). The van der Waals surface area contributed by atoms with Crippen LogP contribution in [-0.4, -0.2) is 11.5 Å². The van der Waals surface area contributed by atoms with E-state index >= 15 is 0 Å². The van der Waals surface area contributed by atoms with E-state index in [9.17, 15) is 14.5 Å². The van der Waals surface area contributed by atoms with Gasteiger partial charge in [-0.2, -0.15) is 4.39 Å². The number of ether oxygens (including phenoxy) is 1. The number of hydrogen-bond acceptors (Lipinski definition) is 4. The Labute approximate surface area is 121 Å². The first-order chi connectivity index (χ1) is 10.1. The van der Waals surface area contributed by atoms with Crippen molar-refractivity contribution in [2.24, 2.45) is 0 Å². The van der Waals surface area contributed by atoms with E-state index < -0.39 is 16.4 Å². The van der Waals surface area contributed by atoms with Crippen LogP contribution in [0.3, 0.4) is 0 Å². The first kappa shape index (κ1) is 14.8. The number of anilines is 1. The number of nitro groups is 1. The van der Waals surface area contributed by atoms with Crippen LogP contribution in [0.15, 0.2) is 42.5 Å². The maximum Gasteiger partial charge on any atom is 0.305 e. The zero-order valence-corrected chi connectivity index (χ0v) is 11.3. The van der Waals surface area contributed by atoms with E-state index in [1.165, 1.54) is 6.07 Å². The number of nitro benzene ring substituents is 1. The van der Waals surface area contributed by atoms with Gasteiger partial charge in [0.1, 0.15) is 5.75 Å². The summed E-state index contributed by atoms with van der Waals surface area (Å²) in [6, 6.07) is 11.1. The summed E-state index contributed by atoms with van der Waals surface area (Å²) in [5, 5.41) is 10.5. The highest BCUT2D eigenvalue weighted by atomic mass is 19.1. The van der Waals surface area contributed by atoms with Gasteiger partial charge in [-0.05, 0) is 36.6 Å². The fourth-order valence-electron chi connectivity index (χ4n) is 1.88. The molecule has 0 aromatic heterocycles. The molecular formula is C15H15FN2O3. The zero-order chi connectivity index (χ0) is 15.2. The quantitative estimate of drug-likeness (QED) is 0.383. The first-order valence-corrected chi connectivity index (χ1v) is 6.47. The fraction of sp³-hybridized carbons (Fsp3) is 0.200. The van der Waals surface area contributed by atoms with Crippen LogP contribution in [0, 0.1) is 15.9 Å². The fourth-order valence-corrected chi connectivity index (χ4v) is 1.88. The normalized spacial score (nSPS) is 10.3. The molecule has 110 valence electrons. The lowest BCUT2D eigenvalue weighted by atomic mass is 10.1. The van der Waals surface area contributed by atoms with Crippen molar-refractivity contribution in [3.8, 4) is 5.75 Å². The third kappa shape index (κ3) is 4.17. The van der Waals surface area contributed by atoms with Gasteiger partial charge in [-0.25, -0.2) is 0 Å². The molecule has 5 nitrogen and oxygen atoms in total. The maximum absolute atomic E-state index is 13.4. The van der Waals surface area contributed by atoms with Crippen LogP contribution >= 0.6 is 0 Å². The number of halogens is 1. The number of nitrogens with zero attached hydrogens (tertiary/aromatic N) is 1. The van der Waals surface area contributed by atoms with Crippen LogP contribution in [0.5, 0.6) is 5.75 Å². The molecule has 2 N–H and O–H groups in total. The standard InChI is InChI=1S/C15H15FN2O3/c16-14-10-13(7-8-15(14)18(19)20)21-9-1-2-11-3-5-12(17)6-4-11/h3-8,10H,1-2,9,17H2. The summed E-state index contributed by atoms with van der Waals surface area (Å²) in [4.78, 5) is 9.73. The van der Waals surface area contributed by atoms with Crippen molar-refractivity contribution < 1.29 is 14.1 Å². The predicted octanol–water partition coefficient (Wildman–Crippen LogP) is 3.33. The molecule has 2 aromatic rings. The van der Waals surface area contributed by atoms with Crippen molar-refractivity contribution in [3.63, 3.8) is 0 Å². The molecule has 0 radical (unpaired) electrons. The van der Waals surface area contributed by atoms with Crippen LogP contribution in [0.25, 0.3) is 0 Å². The number of aryl methyl sites for hydroxylation is 1. The third-order valence-electron chi connectivity index (χ3n) is 2.97. The van der Waals surface area contributed by atoms with Gasteiger partial charge >= 0.3 is 5.69 Å². The Morgan fingerprint density at radius 2 is 1.90 bits per heavy atom. The Balaban J connectivity index is 1.82. The van der Waals surface area contributed by atoms with Crippen LogP contribution in [0.2, 0.25) is 0 Å². The smallest absolute Gasteiger partial charge is 0.305 e. The second-order valence-corrected chi connectivity index (χ2v) is 4.56. The van der Waals surface area contributed by atoms with Crippen molar-refractivity contribution in [2.45, 2.75) is 12.8 Å². The summed E-state index contributed by atoms with van der Waals surface area (Å²) in [7, 11) is 0. The van der Waals surface area contributed by atoms with Gasteiger partial charge in [-0.1, -0.05) is 12.1 Å². The predicted molar refractivity (Wildman–Crippen MR) is 77.7 cm³/mol. The number of hydrogen-bond donors (Lipinski definition) is 1. The van der Waals surface area contributed by atoms with Gasteiger partial charge in [-0.15, -0.1) is 0 Å². The highest BCUT2D eigenvalue weighted by Crippen LogP contribution is 2.22. The molecule has 0 fully saturated rings. The van der Waals surface area contributed by atoms with Crippen LogP contribution in [0.1, 0.15) is 12.0 Å². The first-order valence-electron chi connectivity index (χ1n) is 6.47. The Kier molecular flexibility index (Phi) is 4.71. The molecule has 0 aliphatic carbocycles. The molecule has 0 saturated carbocycles. The SMILES string of the molecule is Nc1ccc(CCCOc2ccc([N+](=O)[O-])c(F)c2)cc1. The van der Waals surface area contributed by atoms with Gasteiger partial charge in [0.05, 0.1) is 11.5 Å². The van der Waals surface area contributed by atoms with Crippen molar-refractivity contribution in [3.05, 3.63) is 64.0 Å². The van der Waals surface area contributed by atoms with Gasteiger partial charge < -0.3 is 10.5 Å². The average Bonchev–Trinajstić information content (AvgIpc) is 2.45. The minimum Gasteiger partial charge on any atom is -0.493 e. The van der Waals surface area contributed by atoms with Crippen molar-refractivity contribution >= 4 is 11.4 Å². The number of nitrogens with two attached hydrogens (primary N) is 1. The number of benzene rings is 2. The van der Waals surface area contributed by atoms with Crippen molar-refractivity contribution in [1.29, 1.82) is 0 Å². The van der Waals surface area contributed by atoms with Crippen LogP contribution in [-0.2, 0) is 6.42 Å². The van der Waals surface area contributed by atoms with Crippen molar-refractivity contribution in [1.82, 2.24) is 0 Å². The third-order valence-corrected chi connectivity index (χ3v) is 2.97. The lowest BCUT2D eigenvalue weighted by molar-refractivity contribution is -0.387. The Morgan fingerprint density at radius 1 is 1.19 bits per heavy atom. The largest absolute Gasteiger partial charge is 0.493 e. The Morgan fingerprint density at radius 3 is 2.52 bits per heavy atom. The summed E-state index contributed by atoms with van der Waals surface area (Å²) in [5.74, 6) is -0.605. The average molecular weight is 290 g/mol. The lowest BCUT2D eigenvalue weighted by Gasteiger charge is -2.06. The van der Waals surface area contributed by atoms with E-state index in [-0.39, 0.29) is 5.75 Å². The van der Waals surface area contributed by atoms with E-state index in [2.05, 4.69) is 0 Å². The topological polar surface area (TPSA) is 78.4 Å². The zero-order valence-electron chi connectivity index (χ0n) is 11.3. The minimum atomic E-state index is -0.893. The van der Waals surface area contributed by atoms with E-state index in [4.69, 9.17) is 10.5 Å². The molecule has 0 spiro atoms. The summed E-state index contributed by atoms with van der Waals surface area (Å²) >= 11 is 0. The summed E-state index contributed by atoms with van der Waals surface area (Å²) in [6.07, 6.45) is 1.57. The van der Waals surface area contributed by atoms with E-state index in [1.807, 2.05) is 24.3 Å². The number of rotatable bonds is 6. The molecule has 2 aromatic carbocycles. The minimum absolute atomic E-state index is 0.287. The summed E-state index contributed by atoms with van der Waals surface area (Å²) in [5.41, 5.74) is 6.91.